The van der Waals surface area contributed by atoms with Crippen molar-refractivity contribution in [2.24, 2.45) is 11.8 Å². The third kappa shape index (κ3) is 6.59. The number of likely N-dealkylation sites (tertiary alicyclic amines) is 1. The van der Waals surface area contributed by atoms with E-state index in [4.69, 9.17) is 9.47 Å². The van der Waals surface area contributed by atoms with E-state index in [0.717, 1.165) is 70.9 Å². The van der Waals surface area contributed by atoms with Gasteiger partial charge in [-0.3, -0.25) is 14.6 Å². The highest BCUT2D eigenvalue weighted by molar-refractivity contribution is 5.76. The third-order valence-corrected chi connectivity index (χ3v) is 6.49. The summed E-state index contributed by atoms with van der Waals surface area (Å²) in [6.45, 7) is 9.96. The van der Waals surface area contributed by atoms with Crippen molar-refractivity contribution in [3.63, 3.8) is 0 Å². The van der Waals surface area contributed by atoms with Gasteiger partial charge in [0, 0.05) is 57.3 Å². The summed E-state index contributed by atoms with van der Waals surface area (Å²) in [6, 6.07) is 5.49. The van der Waals surface area contributed by atoms with Crippen LogP contribution in [-0.2, 0) is 16.1 Å². The Balaban J connectivity index is 1.42. The fraction of sp³-hybridized carbons (Fsp3) is 0.696. The molecule has 0 radical (unpaired) electrons. The van der Waals surface area contributed by atoms with Gasteiger partial charge in [0.1, 0.15) is 11.5 Å². The van der Waals surface area contributed by atoms with E-state index in [1.165, 1.54) is 0 Å². The van der Waals surface area contributed by atoms with Gasteiger partial charge < -0.3 is 19.9 Å². The first-order chi connectivity index (χ1) is 14.6. The molecule has 2 aliphatic heterocycles. The van der Waals surface area contributed by atoms with Gasteiger partial charge in [-0.25, -0.2) is 0 Å². The van der Waals surface area contributed by atoms with E-state index in [1.54, 1.807) is 13.2 Å². The number of phenolic OH excluding ortho intramolecular Hbond substituents is 1. The Labute approximate surface area is 180 Å². The quantitative estimate of drug-likeness (QED) is 0.639. The van der Waals surface area contributed by atoms with E-state index in [2.05, 4.69) is 22.0 Å². The Bertz CT molecular complexity index is 678. The number of aromatic hydroxyl groups is 1. The zero-order valence-electron chi connectivity index (χ0n) is 18.4. The Morgan fingerprint density at radius 1 is 1.23 bits per heavy atom. The van der Waals surface area contributed by atoms with Crippen molar-refractivity contribution in [2.75, 3.05) is 59.6 Å². The first-order valence-corrected chi connectivity index (χ1v) is 11.2. The topological polar surface area (TPSA) is 74.3 Å². The lowest BCUT2D eigenvalue weighted by molar-refractivity contribution is -0.123. The number of ether oxygens (including phenoxy) is 2. The Kier molecular flexibility index (Phi) is 8.78. The van der Waals surface area contributed by atoms with E-state index >= 15 is 0 Å². The zero-order chi connectivity index (χ0) is 21.3. The molecule has 30 heavy (non-hydrogen) atoms. The van der Waals surface area contributed by atoms with Crippen LogP contribution < -0.4 is 10.1 Å². The second-order valence-corrected chi connectivity index (χ2v) is 8.45. The maximum absolute atomic E-state index is 12.5. The molecule has 2 unspecified atom stereocenters. The second-order valence-electron chi connectivity index (χ2n) is 8.45. The van der Waals surface area contributed by atoms with Crippen molar-refractivity contribution < 1.29 is 19.4 Å². The van der Waals surface area contributed by atoms with Crippen LogP contribution in [0.3, 0.4) is 0 Å². The molecular weight excluding hydrogens is 382 g/mol. The summed E-state index contributed by atoms with van der Waals surface area (Å²) in [5.41, 5.74) is 0.921. The number of methoxy groups -OCH3 is 1. The molecule has 0 aliphatic carbocycles. The van der Waals surface area contributed by atoms with E-state index < -0.39 is 0 Å². The molecular formula is C23H37N3O4. The standard InChI is InChI=1S/C23H37N3O4/c1-3-18-16-26(17-20-4-5-21(29-2)15-22(20)27)8-6-19(18)14-23(28)24-7-9-25-10-12-30-13-11-25/h4-5,15,18-19,27H,3,6-14,16-17H2,1-2H3,(H,24,28). The molecule has 2 N–H and O–H groups in total. The van der Waals surface area contributed by atoms with E-state index in [9.17, 15) is 9.90 Å². The Morgan fingerprint density at radius 3 is 2.73 bits per heavy atom. The fourth-order valence-corrected chi connectivity index (χ4v) is 4.56. The lowest BCUT2D eigenvalue weighted by atomic mass is 9.81. The van der Waals surface area contributed by atoms with Crippen molar-refractivity contribution >= 4 is 5.91 Å². The second kappa shape index (κ2) is 11.5. The number of hydrogen-bond donors (Lipinski definition) is 2. The molecule has 7 heteroatoms. The first kappa shape index (κ1) is 22.8. The van der Waals surface area contributed by atoms with Gasteiger partial charge in [-0.05, 0) is 30.9 Å². The molecule has 2 saturated heterocycles. The minimum atomic E-state index is 0.174. The Hall–Kier alpha value is -1.83. The number of nitrogens with one attached hydrogen (secondary N) is 1. The first-order valence-electron chi connectivity index (χ1n) is 11.2. The van der Waals surface area contributed by atoms with Crippen LogP contribution in [0.2, 0.25) is 0 Å². The molecule has 0 aromatic heterocycles. The number of rotatable bonds is 9. The molecule has 0 bridgehead atoms. The molecule has 2 aliphatic rings. The lowest BCUT2D eigenvalue weighted by Gasteiger charge is -2.38. The number of carbonyl (C=O) groups excluding carboxylic acids is 1. The van der Waals surface area contributed by atoms with Crippen LogP contribution in [0.4, 0.5) is 0 Å². The predicted octanol–water partition coefficient (Wildman–Crippen LogP) is 2.09. The normalized spacial score (nSPS) is 23.3. The molecule has 0 saturated carbocycles. The molecule has 1 aromatic carbocycles. The van der Waals surface area contributed by atoms with Gasteiger partial charge in [0.05, 0.1) is 20.3 Å². The van der Waals surface area contributed by atoms with Crippen LogP contribution in [0.25, 0.3) is 0 Å². The summed E-state index contributed by atoms with van der Waals surface area (Å²) in [6.07, 6.45) is 2.70. The molecule has 0 spiro atoms. The molecule has 1 aromatic rings. The molecule has 3 rings (SSSR count). The van der Waals surface area contributed by atoms with Crippen molar-refractivity contribution in [2.45, 2.75) is 32.7 Å². The zero-order valence-corrected chi connectivity index (χ0v) is 18.4. The maximum Gasteiger partial charge on any atom is 0.220 e. The number of nitrogens with zero attached hydrogens (tertiary/aromatic N) is 2. The van der Waals surface area contributed by atoms with Gasteiger partial charge in [-0.1, -0.05) is 19.4 Å². The van der Waals surface area contributed by atoms with Crippen molar-refractivity contribution in [1.29, 1.82) is 0 Å². The van der Waals surface area contributed by atoms with E-state index in [0.29, 0.717) is 30.6 Å². The van der Waals surface area contributed by atoms with Gasteiger partial charge in [-0.15, -0.1) is 0 Å². The summed E-state index contributed by atoms with van der Waals surface area (Å²) in [4.78, 5) is 17.2. The summed E-state index contributed by atoms with van der Waals surface area (Å²) in [5, 5.41) is 13.4. The fourth-order valence-electron chi connectivity index (χ4n) is 4.56. The summed E-state index contributed by atoms with van der Waals surface area (Å²) >= 11 is 0. The van der Waals surface area contributed by atoms with E-state index in [1.807, 2.05) is 12.1 Å². The number of morpholine rings is 1. The highest BCUT2D eigenvalue weighted by atomic mass is 16.5. The number of piperidine rings is 1. The molecule has 2 heterocycles. The Morgan fingerprint density at radius 2 is 2.03 bits per heavy atom. The van der Waals surface area contributed by atoms with Crippen LogP contribution in [0.15, 0.2) is 18.2 Å². The van der Waals surface area contributed by atoms with Gasteiger partial charge >= 0.3 is 0 Å². The van der Waals surface area contributed by atoms with Gasteiger partial charge in [0.2, 0.25) is 5.91 Å². The minimum Gasteiger partial charge on any atom is -0.507 e. The van der Waals surface area contributed by atoms with Crippen LogP contribution in [0.1, 0.15) is 31.7 Å². The SMILES string of the molecule is CCC1CN(Cc2ccc(OC)cc2O)CCC1CC(=O)NCCN1CCOCC1. The number of phenols is 1. The highest BCUT2D eigenvalue weighted by Crippen LogP contribution is 2.31. The number of carbonyl (C=O) groups is 1. The third-order valence-electron chi connectivity index (χ3n) is 6.49. The van der Waals surface area contributed by atoms with Gasteiger partial charge in [0.25, 0.3) is 0 Å². The average molecular weight is 420 g/mol. The molecule has 7 nitrogen and oxygen atoms in total. The van der Waals surface area contributed by atoms with Gasteiger partial charge in [-0.2, -0.15) is 0 Å². The van der Waals surface area contributed by atoms with E-state index in [-0.39, 0.29) is 11.7 Å². The van der Waals surface area contributed by atoms with Crippen LogP contribution >= 0.6 is 0 Å². The smallest absolute Gasteiger partial charge is 0.220 e. The van der Waals surface area contributed by atoms with Crippen molar-refractivity contribution in [1.82, 2.24) is 15.1 Å². The predicted molar refractivity (Wildman–Crippen MR) is 117 cm³/mol. The average Bonchev–Trinajstić information content (AvgIpc) is 2.76. The molecule has 168 valence electrons. The number of benzene rings is 1. The van der Waals surface area contributed by atoms with Crippen molar-refractivity contribution in [3.05, 3.63) is 23.8 Å². The van der Waals surface area contributed by atoms with Gasteiger partial charge in [0.15, 0.2) is 0 Å². The maximum atomic E-state index is 12.5. The lowest BCUT2D eigenvalue weighted by Crippen LogP contribution is -2.43. The van der Waals surface area contributed by atoms with Crippen LogP contribution in [0, 0.1) is 11.8 Å². The van der Waals surface area contributed by atoms with Crippen LogP contribution in [0.5, 0.6) is 11.5 Å². The number of amides is 1. The minimum absolute atomic E-state index is 0.174. The molecule has 2 atom stereocenters. The summed E-state index contributed by atoms with van der Waals surface area (Å²) in [5.74, 6) is 2.06. The summed E-state index contributed by atoms with van der Waals surface area (Å²) < 4.78 is 10.5. The number of hydrogen-bond acceptors (Lipinski definition) is 6. The van der Waals surface area contributed by atoms with Crippen LogP contribution in [-0.4, -0.2) is 80.4 Å². The monoisotopic (exact) mass is 419 g/mol. The molecule has 1 amide bonds. The van der Waals surface area contributed by atoms with Crippen molar-refractivity contribution in [3.8, 4) is 11.5 Å². The highest BCUT2D eigenvalue weighted by Gasteiger charge is 2.30. The summed E-state index contributed by atoms with van der Waals surface area (Å²) in [7, 11) is 1.60. The molecule has 2 fully saturated rings. The largest absolute Gasteiger partial charge is 0.507 e.